The fourth-order valence-corrected chi connectivity index (χ4v) is 1.65. The maximum Gasteiger partial charge on any atom is 0.157 e. The SMILES string of the molecule is CC(C)CC[C@H](O)[C@H](N)c1ccc(O)c(O)c1.Cl. The number of phenols is 2. The first-order chi connectivity index (χ1) is 7.91. The fraction of sp³-hybridized carbons (Fsp3) is 0.538. The van der Waals surface area contributed by atoms with Crippen LogP contribution in [0.5, 0.6) is 11.5 Å². The summed E-state index contributed by atoms with van der Waals surface area (Å²) in [7, 11) is 0. The van der Waals surface area contributed by atoms with Crippen LogP contribution in [0.4, 0.5) is 0 Å². The summed E-state index contributed by atoms with van der Waals surface area (Å²) in [4.78, 5) is 0. The molecule has 0 aliphatic carbocycles. The summed E-state index contributed by atoms with van der Waals surface area (Å²) < 4.78 is 0. The molecule has 0 aliphatic rings. The summed E-state index contributed by atoms with van der Waals surface area (Å²) in [5, 5.41) is 28.5. The van der Waals surface area contributed by atoms with Crippen LogP contribution in [-0.4, -0.2) is 21.4 Å². The van der Waals surface area contributed by atoms with Gasteiger partial charge < -0.3 is 21.1 Å². The van der Waals surface area contributed by atoms with Crippen molar-refractivity contribution in [1.82, 2.24) is 0 Å². The van der Waals surface area contributed by atoms with Gasteiger partial charge in [0.05, 0.1) is 12.1 Å². The highest BCUT2D eigenvalue weighted by atomic mass is 35.5. The first kappa shape index (κ1) is 17.0. The Morgan fingerprint density at radius 2 is 1.72 bits per heavy atom. The van der Waals surface area contributed by atoms with Gasteiger partial charge in [-0.2, -0.15) is 0 Å². The molecule has 5 N–H and O–H groups in total. The molecule has 1 aromatic carbocycles. The van der Waals surface area contributed by atoms with Crippen LogP contribution in [0.15, 0.2) is 18.2 Å². The lowest BCUT2D eigenvalue weighted by Crippen LogP contribution is -2.26. The van der Waals surface area contributed by atoms with Crippen LogP contribution < -0.4 is 5.73 Å². The summed E-state index contributed by atoms with van der Waals surface area (Å²) >= 11 is 0. The smallest absolute Gasteiger partial charge is 0.157 e. The standard InChI is InChI=1S/C13H21NO3.ClH/c1-8(2)3-5-11(16)13(14)9-4-6-10(15)12(17)7-9;/h4,6-8,11,13,15-17H,3,5,14H2,1-2H3;1H/t11-,13+;/m0./s1. The van der Waals surface area contributed by atoms with Gasteiger partial charge in [-0.15, -0.1) is 12.4 Å². The molecule has 0 aromatic heterocycles. The molecule has 0 spiro atoms. The second-order valence-corrected chi connectivity index (χ2v) is 4.81. The molecule has 0 saturated heterocycles. The number of halogens is 1. The van der Waals surface area contributed by atoms with E-state index >= 15 is 0 Å². The molecule has 0 heterocycles. The van der Waals surface area contributed by atoms with E-state index in [1.807, 2.05) is 0 Å². The lowest BCUT2D eigenvalue weighted by molar-refractivity contribution is 0.128. The summed E-state index contributed by atoms with van der Waals surface area (Å²) in [6, 6.07) is 3.83. The van der Waals surface area contributed by atoms with Crippen molar-refractivity contribution in [2.24, 2.45) is 11.7 Å². The van der Waals surface area contributed by atoms with Crippen molar-refractivity contribution >= 4 is 12.4 Å². The summed E-state index contributed by atoms with van der Waals surface area (Å²) in [5.74, 6) is 0.122. The molecular weight excluding hydrogens is 254 g/mol. The van der Waals surface area contributed by atoms with E-state index in [4.69, 9.17) is 5.73 Å². The van der Waals surface area contributed by atoms with E-state index in [0.717, 1.165) is 6.42 Å². The number of phenolic OH excluding ortho intramolecular Hbond substituents is 2. The maximum atomic E-state index is 9.91. The van der Waals surface area contributed by atoms with Crippen molar-refractivity contribution < 1.29 is 15.3 Å². The molecule has 1 rings (SSSR count). The highest BCUT2D eigenvalue weighted by molar-refractivity contribution is 5.85. The predicted octanol–water partition coefficient (Wildman–Crippen LogP) is 2.32. The number of benzene rings is 1. The van der Waals surface area contributed by atoms with Crippen LogP contribution in [0.3, 0.4) is 0 Å². The summed E-state index contributed by atoms with van der Waals surface area (Å²) in [6.45, 7) is 4.18. The number of aliphatic hydroxyl groups is 1. The lowest BCUT2D eigenvalue weighted by atomic mass is 9.96. The Morgan fingerprint density at radius 3 is 2.22 bits per heavy atom. The molecule has 0 aliphatic heterocycles. The average molecular weight is 276 g/mol. The molecule has 1 aromatic rings. The molecule has 0 unspecified atom stereocenters. The third-order valence-corrected chi connectivity index (χ3v) is 2.84. The predicted molar refractivity (Wildman–Crippen MR) is 74.0 cm³/mol. The van der Waals surface area contributed by atoms with E-state index in [1.165, 1.54) is 12.1 Å². The second kappa shape index (κ2) is 7.46. The Morgan fingerprint density at radius 1 is 1.11 bits per heavy atom. The molecule has 5 heteroatoms. The molecule has 0 amide bonds. The number of aliphatic hydroxyl groups excluding tert-OH is 1. The molecule has 104 valence electrons. The number of hydrogen-bond donors (Lipinski definition) is 4. The normalized spacial score (nSPS) is 14.1. The average Bonchev–Trinajstić information content (AvgIpc) is 2.28. The molecule has 4 nitrogen and oxygen atoms in total. The van der Waals surface area contributed by atoms with E-state index in [9.17, 15) is 15.3 Å². The molecule has 0 bridgehead atoms. The van der Waals surface area contributed by atoms with Crippen molar-refractivity contribution in [2.75, 3.05) is 0 Å². The number of nitrogens with two attached hydrogens (primary N) is 1. The lowest BCUT2D eigenvalue weighted by Gasteiger charge is -2.20. The molecular formula is C13H22ClNO3. The Hall–Kier alpha value is -0.970. The second-order valence-electron chi connectivity index (χ2n) is 4.81. The van der Waals surface area contributed by atoms with Crippen LogP contribution >= 0.6 is 12.4 Å². The van der Waals surface area contributed by atoms with Gasteiger partial charge in [0.2, 0.25) is 0 Å². The van der Waals surface area contributed by atoms with Crippen molar-refractivity contribution in [1.29, 1.82) is 0 Å². The molecule has 0 radical (unpaired) electrons. The van der Waals surface area contributed by atoms with E-state index in [0.29, 0.717) is 17.9 Å². The first-order valence-corrected chi connectivity index (χ1v) is 5.87. The molecule has 18 heavy (non-hydrogen) atoms. The van der Waals surface area contributed by atoms with Crippen molar-refractivity contribution in [3.63, 3.8) is 0 Å². The van der Waals surface area contributed by atoms with E-state index < -0.39 is 12.1 Å². The van der Waals surface area contributed by atoms with E-state index in [-0.39, 0.29) is 23.9 Å². The van der Waals surface area contributed by atoms with Gasteiger partial charge in [0.15, 0.2) is 11.5 Å². The monoisotopic (exact) mass is 275 g/mol. The highest BCUT2D eigenvalue weighted by Gasteiger charge is 2.18. The van der Waals surface area contributed by atoms with E-state index in [2.05, 4.69) is 13.8 Å². The van der Waals surface area contributed by atoms with Crippen molar-refractivity contribution in [2.45, 2.75) is 38.8 Å². The van der Waals surface area contributed by atoms with Crippen LogP contribution in [0, 0.1) is 5.92 Å². The quantitative estimate of drug-likeness (QED) is 0.621. The molecule has 2 atom stereocenters. The van der Waals surface area contributed by atoms with Gasteiger partial charge >= 0.3 is 0 Å². The zero-order valence-corrected chi connectivity index (χ0v) is 11.5. The Bertz CT molecular complexity index is 371. The zero-order chi connectivity index (χ0) is 13.0. The number of rotatable bonds is 5. The van der Waals surface area contributed by atoms with Crippen molar-refractivity contribution in [3.05, 3.63) is 23.8 Å². The van der Waals surface area contributed by atoms with Crippen LogP contribution in [-0.2, 0) is 0 Å². The van der Waals surface area contributed by atoms with Crippen LogP contribution in [0.25, 0.3) is 0 Å². The largest absolute Gasteiger partial charge is 0.504 e. The third kappa shape index (κ3) is 4.72. The minimum absolute atomic E-state index is 0. The Kier molecular flexibility index (Phi) is 7.06. The van der Waals surface area contributed by atoms with Crippen LogP contribution in [0.2, 0.25) is 0 Å². The third-order valence-electron chi connectivity index (χ3n) is 2.84. The van der Waals surface area contributed by atoms with Crippen molar-refractivity contribution in [3.8, 4) is 11.5 Å². The van der Waals surface area contributed by atoms with Crippen LogP contribution in [0.1, 0.15) is 38.3 Å². The topological polar surface area (TPSA) is 86.7 Å². The fourth-order valence-electron chi connectivity index (χ4n) is 1.65. The van der Waals surface area contributed by atoms with Gasteiger partial charge in [0.25, 0.3) is 0 Å². The minimum atomic E-state index is -0.638. The maximum absolute atomic E-state index is 9.91. The first-order valence-electron chi connectivity index (χ1n) is 5.87. The Balaban J connectivity index is 0.00000289. The van der Waals surface area contributed by atoms with Gasteiger partial charge in [-0.25, -0.2) is 0 Å². The van der Waals surface area contributed by atoms with Gasteiger partial charge in [-0.3, -0.25) is 0 Å². The van der Waals surface area contributed by atoms with Gasteiger partial charge in [0, 0.05) is 0 Å². The Labute approximate surface area is 114 Å². The summed E-state index contributed by atoms with van der Waals surface area (Å²) in [6.07, 6.45) is 0.890. The molecule has 0 saturated carbocycles. The van der Waals surface area contributed by atoms with Gasteiger partial charge in [0.1, 0.15) is 0 Å². The molecule has 0 fully saturated rings. The van der Waals surface area contributed by atoms with Gasteiger partial charge in [-0.05, 0) is 36.5 Å². The minimum Gasteiger partial charge on any atom is -0.504 e. The number of aromatic hydroxyl groups is 2. The summed E-state index contributed by atoms with van der Waals surface area (Å²) in [5.41, 5.74) is 6.52. The number of hydrogen-bond acceptors (Lipinski definition) is 4. The zero-order valence-electron chi connectivity index (χ0n) is 10.7. The highest BCUT2D eigenvalue weighted by Crippen LogP contribution is 2.29. The van der Waals surface area contributed by atoms with E-state index in [1.54, 1.807) is 6.07 Å². The van der Waals surface area contributed by atoms with Gasteiger partial charge in [-0.1, -0.05) is 19.9 Å².